The maximum absolute atomic E-state index is 12.2. The van der Waals surface area contributed by atoms with Crippen molar-refractivity contribution in [3.63, 3.8) is 0 Å². The molecule has 1 saturated heterocycles. The van der Waals surface area contributed by atoms with Crippen LogP contribution in [0, 0.1) is 0 Å². The number of rotatable bonds is 5. The van der Waals surface area contributed by atoms with Crippen molar-refractivity contribution in [2.45, 2.75) is 32.4 Å². The number of ketones is 1. The van der Waals surface area contributed by atoms with E-state index in [1.165, 1.54) is 0 Å². The van der Waals surface area contributed by atoms with Gasteiger partial charge in [-0.05, 0) is 38.1 Å². The van der Waals surface area contributed by atoms with Gasteiger partial charge in [0.05, 0.1) is 19.8 Å². The summed E-state index contributed by atoms with van der Waals surface area (Å²) in [6.07, 6.45) is 0.471. The van der Waals surface area contributed by atoms with Gasteiger partial charge < -0.3 is 14.8 Å². The van der Waals surface area contributed by atoms with Gasteiger partial charge >= 0.3 is 0 Å². The number of Topliss-reactive ketones (excluding diaryl/α,β-unsaturated/α-hetero) is 1. The lowest BCUT2D eigenvalue weighted by molar-refractivity contribution is 0.0463. The average molecular weight is 263 g/mol. The first kappa shape index (κ1) is 14.0. The largest absolute Gasteiger partial charge is 0.494 e. The van der Waals surface area contributed by atoms with Crippen LogP contribution in [0.1, 0.15) is 30.6 Å². The number of morpholine rings is 1. The molecule has 1 aromatic carbocycles. The Bertz CT molecular complexity index is 416. The van der Waals surface area contributed by atoms with Crippen LogP contribution in [0.2, 0.25) is 0 Å². The Morgan fingerprint density at radius 1 is 1.37 bits per heavy atom. The lowest BCUT2D eigenvalue weighted by Crippen LogP contribution is -2.48. The quantitative estimate of drug-likeness (QED) is 0.826. The molecule has 19 heavy (non-hydrogen) atoms. The molecule has 2 atom stereocenters. The summed E-state index contributed by atoms with van der Waals surface area (Å²) in [7, 11) is 0. The molecular formula is C15H21NO3. The zero-order valence-corrected chi connectivity index (χ0v) is 11.5. The SMILES string of the molecule is CCOc1ccc(C(=O)CC2COCC(C)N2)cc1. The molecular weight excluding hydrogens is 242 g/mol. The third-order valence-electron chi connectivity index (χ3n) is 3.13. The molecule has 2 rings (SSSR count). The number of benzene rings is 1. The summed E-state index contributed by atoms with van der Waals surface area (Å²) in [5.41, 5.74) is 0.725. The Morgan fingerprint density at radius 2 is 2.11 bits per heavy atom. The fourth-order valence-electron chi connectivity index (χ4n) is 2.25. The lowest BCUT2D eigenvalue weighted by Gasteiger charge is -2.28. The van der Waals surface area contributed by atoms with Crippen LogP contribution < -0.4 is 10.1 Å². The van der Waals surface area contributed by atoms with Gasteiger partial charge in [0.15, 0.2) is 5.78 Å². The number of carbonyl (C=O) groups is 1. The minimum Gasteiger partial charge on any atom is -0.494 e. The molecule has 4 nitrogen and oxygen atoms in total. The minimum atomic E-state index is 0.114. The number of hydrogen-bond donors (Lipinski definition) is 1. The fraction of sp³-hybridized carbons (Fsp3) is 0.533. The molecule has 1 heterocycles. The Hall–Kier alpha value is -1.39. The van der Waals surface area contributed by atoms with Crippen LogP contribution in [0.15, 0.2) is 24.3 Å². The first-order chi connectivity index (χ1) is 9.19. The second kappa shape index (κ2) is 6.68. The molecule has 1 aromatic rings. The summed E-state index contributed by atoms with van der Waals surface area (Å²) in [5.74, 6) is 0.935. The number of nitrogens with one attached hydrogen (secondary N) is 1. The second-order valence-electron chi connectivity index (χ2n) is 4.89. The highest BCUT2D eigenvalue weighted by molar-refractivity contribution is 5.96. The molecule has 2 unspecified atom stereocenters. The van der Waals surface area contributed by atoms with E-state index in [0.29, 0.717) is 32.3 Å². The summed E-state index contributed by atoms with van der Waals surface area (Å²) >= 11 is 0. The van der Waals surface area contributed by atoms with Crippen molar-refractivity contribution in [1.29, 1.82) is 0 Å². The molecule has 1 fully saturated rings. The Kier molecular flexibility index (Phi) is 4.93. The lowest BCUT2D eigenvalue weighted by atomic mass is 10.0. The molecule has 0 spiro atoms. The van der Waals surface area contributed by atoms with Crippen molar-refractivity contribution in [3.8, 4) is 5.75 Å². The van der Waals surface area contributed by atoms with Crippen LogP contribution in [0.3, 0.4) is 0 Å². The van der Waals surface area contributed by atoms with Gasteiger partial charge in [-0.3, -0.25) is 4.79 Å². The van der Waals surface area contributed by atoms with E-state index in [0.717, 1.165) is 11.3 Å². The first-order valence-electron chi connectivity index (χ1n) is 6.79. The third kappa shape index (κ3) is 4.04. The molecule has 0 radical (unpaired) electrons. The summed E-state index contributed by atoms with van der Waals surface area (Å²) in [6.45, 7) is 5.96. The molecule has 4 heteroatoms. The van der Waals surface area contributed by atoms with E-state index in [-0.39, 0.29) is 11.8 Å². The summed E-state index contributed by atoms with van der Waals surface area (Å²) in [5, 5.41) is 3.38. The van der Waals surface area contributed by atoms with Gasteiger partial charge in [0, 0.05) is 24.1 Å². The number of ether oxygens (including phenoxy) is 2. The van der Waals surface area contributed by atoms with Gasteiger partial charge in [-0.1, -0.05) is 0 Å². The van der Waals surface area contributed by atoms with E-state index in [2.05, 4.69) is 12.2 Å². The normalized spacial score (nSPS) is 23.1. The Balaban J connectivity index is 1.91. The van der Waals surface area contributed by atoms with E-state index in [9.17, 15) is 4.79 Å². The van der Waals surface area contributed by atoms with Gasteiger partial charge in [0.25, 0.3) is 0 Å². The van der Waals surface area contributed by atoms with E-state index in [1.54, 1.807) is 0 Å². The molecule has 1 aliphatic rings. The Morgan fingerprint density at radius 3 is 2.74 bits per heavy atom. The minimum absolute atomic E-state index is 0.114. The highest BCUT2D eigenvalue weighted by Gasteiger charge is 2.21. The number of hydrogen-bond acceptors (Lipinski definition) is 4. The molecule has 0 aromatic heterocycles. The summed E-state index contributed by atoms with van der Waals surface area (Å²) in [6, 6.07) is 7.74. The zero-order valence-electron chi connectivity index (χ0n) is 11.5. The molecule has 0 amide bonds. The van der Waals surface area contributed by atoms with Crippen molar-refractivity contribution in [2.75, 3.05) is 19.8 Å². The van der Waals surface area contributed by atoms with Gasteiger partial charge in [-0.25, -0.2) is 0 Å². The van der Waals surface area contributed by atoms with E-state index < -0.39 is 0 Å². The fourth-order valence-corrected chi connectivity index (χ4v) is 2.25. The molecule has 0 saturated carbocycles. The van der Waals surface area contributed by atoms with Crippen LogP contribution in [0.5, 0.6) is 5.75 Å². The van der Waals surface area contributed by atoms with Crippen molar-refractivity contribution >= 4 is 5.78 Å². The molecule has 0 aliphatic carbocycles. The molecule has 0 bridgehead atoms. The predicted molar refractivity (Wildman–Crippen MR) is 73.8 cm³/mol. The van der Waals surface area contributed by atoms with Crippen molar-refractivity contribution in [1.82, 2.24) is 5.32 Å². The first-order valence-corrected chi connectivity index (χ1v) is 6.79. The average Bonchev–Trinajstić information content (AvgIpc) is 2.40. The zero-order chi connectivity index (χ0) is 13.7. The van der Waals surface area contributed by atoms with E-state index in [1.807, 2.05) is 31.2 Å². The van der Waals surface area contributed by atoms with Crippen LogP contribution >= 0.6 is 0 Å². The Labute approximate surface area is 114 Å². The topological polar surface area (TPSA) is 47.6 Å². The maximum Gasteiger partial charge on any atom is 0.164 e. The van der Waals surface area contributed by atoms with Crippen molar-refractivity contribution in [3.05, 3.63) is 29.8 Å². The monoisotopic (exact) mass is 263 g/mol. The van der Waals surface area contributed by atoms with E-state index in [4.69, 9.17) is 9.47 Å². The summed E-state index contributed by atoms with van der Waals surface area (Å²) in [4.78, 5) is 12.2. The highest BCUT2D eigenvalue weighted by atomic mass is 16.5. The van der Waals surface area contributed by atoms with Gasteiger partial charge in [0.2, 0.25) is 0 Å². The van der Waals surface area contributed by atoms with Crippen LogP contribution in [0.4, 0.5) is 0 Å². The third-order valence-corrected chi connectivity index (χ3v) is 3.13. The van der Waals surface area contributed by atoms with Crippen molar-refractivity contribution in [2.24, 2.45) is 0 Å². The molecule has 104 valence electrons. The molecule has 1 aliphatic heterocycles. The maximum atomic E-state index is 12.2. The van der Waals surface area contributed by atoms with Gasteiger partial charge in [-0.15, -0.1) is 0 Å². The van der Waals surface area contributed by atoms with Gasteiger partial charge in [-0.2, -0.15) is 0 Å². The predicted octanol–water partition coefficient (Wildman–Crippen LogP) is 2.04. The van der Waals surface area contributed by atoms with Crippen LogP contribution in [0.25, 0.3) is 0 Å². The van der Waals surface area contributed by atoms with Crippen molar-refractivity contribution < 1.29 is 14.3 Å². The van der Waals surface area contributed by atoms with E-state index >= 15 is 0 Å². The number of carbonyl (C=O) groups excluding carboxylic acids is 1. The molecule has 1 N–H and O–H groups in total. The van der Waals surface area contributed by atoms with Gasteiger partial charge in [0.1, 0.15) is 5.75 Å². The van der Waals surface area contributed by atoms with Crippen LogP contribution in [-0.4, -0.2) is 37.7 Å². The summed E-state index contributed by atoms with van der Waals surface area (Å²) < 4.78 is 10.8. The van der Waals surface area contributed by atoms with Crippen LogP contribution in [-0.2, 0) is 4.74 Å². The second-order valence-corrected chi connectivity index (χ2v) is 4.89. The smallest absolute Gasteiger partial charge is 0.164 e. The highest BCUT2D eigenvalue weighted by Crippen LogP contribution is 2.15. The standard InChI is InChI=1S/C15H21NO3/c1-3-19-14-6-4-12(5-7-14)15(17)8-13-10-18-9-11(2)16-13/h4-7,11,13,16H,3,8-10H2,1-2H3.